The van der Waals surface area contributed by atoms with Gasteiger partial charge in [0.1, 0.15) is 18.2 Å². The molecule has 5 heteroatoms. The molecule has 108 valence electrons. The van der Waals surface area contributed by atoms with Gasteiger partial charge in [-0.15, -0.1) is 0 Å². The number of carboxylic acids is 1. The van der Waals surface area contributed by atoms with Crippen molar-refractivity contribution in [3.63, 3.8) is 0 Å². The predicted octanol–water partition coefficient (Wildman–Crippen LogP) is 4.16. The van der Waals surface area contributed by atoms with Gasteiger partial charge in [-0.2, -0.15) is 0 Å². The smallest absolute Gasteiger partial charge is 0.328 e. The van der Waals surface area contributed by atoms with Crippen molar-refractivity contribution in [2.24, 2.45) is 0 Å². The van der Waals surface area contributed by atoms with Gasteiger partial charge in [0.15, 0.2) is 0 Å². The summed E-state index contributed by atoms with van der Waals surface area (Å²) in [5.74, 6) is -1.01. The summed E-state index contributed by atoms with van der Waals surface area (Å²) in [6.45, 7) is 0.0287. The molecular weight excluding hydrogens is 295 g/mol. The normalized spacial score (nSPS) is 10.8. The molecule has 1 N–H and O–H groups in total. The van der Waals surface area contributed by atoms with Crippen molar-refractivity contribution >= 4 is 23.6 Å². The Morgan fingerprint density at radius 3 is 2.76 bits per heavy atom. The van der Waals surface area contributed by atoms with Gasteiger partial charge in [-0.25, -0.2) is 9.18 Å². The zero-order valence-corrected chi connectivity index (χ0v) is 11.7. The number of carbonyl (C=O) groups is 1. The van der Waals surface area contributed by atoms with E-state index in [-0.39, 0.29) is 6.61 Å². The van der Waals surface area contributed by atoms with Crippen molar-refractivity contribution in [2.75, 3.05) is 0 Å². The van der Waals surface area contributed by atoms with Gasteiger partial charge >= 0.3 is 5.97 Å². The standard InChI is InChI=1S/C16H12ClFO3/c17-13-7-5-12(14(18)9-13)10-21-15-4-2-1-3-11(15)6-8-16(19)20/h1-9H,10H2,(H,19,20)/b8-6+. The Kier molecular flexibility index (Phi) is 4.95. The van der Waals surface area contributed by atoms with Gasteiger partial charge in [0.2, 0.25) is 0 Å². The maximum absolute atomic E-state index is 13.7. The lowest BCUT2D eigenvalue weighted by atomic mass is 10.2. The summed E-state index contributed by atoms with van der Waals surface area (Å²) in [7, 11) is 0. The minimum absolute atomic E-state index is 0.0287. The van der Waals surface area contributed by atoms with Crippen LogP contribution in [0.3, 0.4) is 0 Å². The Morgan fingerprint density at radius 1 is 1.29 bits per heavy atom. The zero-order chi connectivity index (χ0) is 15.2. The third kappa shape index (κ3) is 4.33. The molecule has 0 aliphatic carbocycles. The number of halogens is 2. The first-order valence-corrected chi connectivity index (χ1v) is 6.51. The van der Waals surface area contributed by atoms with E-state index in [9.17, 15) is 9.18 Å². The van der Waals surface area contributed by atoms with Crippen LogP contribution in [0.4, 0.5) is 4.39 Å². The molecule has 2 aromatic rings. The van der Waals surface area contributed by atoms with Gasteiger partial charge in [-0.3, -0.25) is 0 Å². The topological polar surface area (TPSA) is 46.5 Å². The molecular formula is C16H12ClFO3. The fraction of sp³-hybridized carbons (Fsp3) is 0.0625. The van der Waals surface area contributed by atoms with E-state index in [1.54, 1.807) is 36.4 Å². The number of hydrogen-bond acceptors (Lipinski definition) is 2. The molecule has 21 heavy (non-hydrogen) atoms. The number of carboxylic acid groups (broad SMARTS) is 1. The summed E-state index contributed by atoms with van der Waals surface area (Å²) in [4.78, 5) is 10.6. The van der Waals surface area contributed by atoms with Crippen molar-refractivity contribution in [1.82, 2.24) is 0 Å². The Labute approximate surface area is 126 Å². The van der Waals surface area contributed by atoms with Crippen LogP contribution < -0.4 is 4.74 Å². The van der Waals surface area contributed by atoms with E-state index in [2.05, 4.69) is 0 Å². The molecule has 0 aliphatic rings. The number of ether oxygens (including phenoxy) is 1. The van der Waals surface area contributed by atoms with Gasteiger partial charge in [0.05, 0.1) is 0 Å². The van der Waals surface area contributed by atoms with Crippen molar-refractivity contribution in [3.8, 4) is 5.75 Å². The first-order valence-electron chi connectivity index (χ1n) is 6.13. The molecule has 0 amide bonds. The van der Waals surface area contributed by atoms with E-state index < -0.39 is 11.8 Å². The molecule has 0 heterocycles. The molecule has 0 atom stereocenters. The number of hydrogen-bond donors (Lipinski definition) is 1. The molecule has 3 nitrogen and oxygen atoms in total. The molecule has 0 fully saturated rings. The molecule has 2 aromatic carbocycles. The minimum atomic E-state index is -1.05. The van der Waals surface area contributed by atoms with E-state index in [0.717, 1.165) is 6.08 Å². The van der Waals surface area contributed by atoms with Crippen LogP contribution in [-0.2, 0) is 11.4 Å². The molecule has 0 aliphatic heterocycles. The Balaban J connectivity index is 2.14. The van der Waals surface area contributed by atoms with E-state index in [4.69, 9.17) is 21.4 Å². The van der Waals surface area contributed by atoms with E-state index in [1.165, 1.54) is 12.1 Å². The zero-order valence-electron chi connectivity index (χ0n) is 10.9. The number of rotatable bonds is 5. The maximum Gasteiger partial charge on any atom is 0.328 e. The quantitative estimate of drug-likeness (QED) is 0.844. The summed E-state index contributed by atoms with van der Waals surface area (Å²) in [5, 5.41) is 8.97. The second-order valence-electron chi connectivity index (χ2n) is 4.23. The SMILES string of the molecule is O=C(O)/C=C/c1ccccc1OCc1ccc(Cl)cc1F. The molecule has 0 bridgehead atoms. The summed E-state index contributed by atoms with van der Waals surface area (Å²) >= 11 is 5.68. The summed E-state index contributed by atoms with van der Waals surface area (Å²) in [6, 6.07) is 11.3. The second-order valence-corrected chi connectivity index (χ2v) is 4.67. The highest BCUT2D eigenvalue weighted by Crippen LogP contribution is 2.22. The molecule has 0 unspecified atom stereocenters. The molecule has 0 saturated carbocycles. The number of aliphatic carboxylic acids is 1. The van der Waals surface area contributed by atoms with E-state index in [1.807, 2.05) is 0 Å². The lowest BCUT2D eigenvalue weighted by molar-refractivity contribution is -0.131. The van der Waals surface area contributed by atoms with Crippen molar-refractivity contribution in [1.29, 1.82) is 0 Å². The van der Waals surface area contributed by atoms with Gasteiger partial charge in [0, 0.05) is 22.2 Å². The fourth-order valence-electron chi connectivity index (χ4n) is 1.70. The highest BCUT2D eigenvalue weighted by atomic mass is 35.5. The molecule has 2 rings (SSSR count). The average Bonchev–Trinajstić information content (AvgIpc) is 2.45. The summed E-state index contributed by atoms with van der Waals surface area (Å²) < 4.78 is 19.2. The average molecular weight is 307 g/mol. The highest BCUT2D eigenvalue weighted by Gasteiger charge is 2.06. The highest BCUT2D eigenvalue weighted by molar-refractivity contribution is 6.30. The van der Waals surface area contributed by atoms with Crippen LogP contribution in [0.15, 0.2) is 48.5 Å². The molecule has 0 spiro atoms. The number of para-hydroxylation sites is 1. The van der Waals surface area contributed by atoms with Crippen LogP contribution in [0.5, 0.6) is 5.75 Å². The predicted molar refractivity (Wildman–Crippen MR) is 78.9 cm³/mol. The largest absolute Gasteiger partial charge is 0.488 e. The van der Waals surface area contributed by atoms with Gasteiger partial charge < -0.3 is 9.84 Å². The Hall–Kier alpha value is -2.33. The van der Waals surface area contributed by atoms with Crippen LogP contribution in [-0.4, -0.2) is 11.1 Å². The molecule has 0 aromatic heterocycles. The van der Waals surface area contributed by atoms with Gasteiger partial charge in [0.25, 0.3) is 0 Å². The second kappa shape index (κ2) is 6.90. The Bertz CT molecular complexity index is 683. The molecule has 0 saturated heterocycles. The summed E-state index contributed by atoms with van der Waals surface area (Å²) in [5.41, 5.74) is 0.977. The monoisotopic (exact) mass is 306 g/mol. The lowest BCUT2D eigenvalue weighted by Crippen LogP contribution is -1.99. The van der Waals surface area contributed by atoms with Gasteiger partial charge in [-0.05, 0) is 24.3 Å². The minimum Gasteiger partial charge on any atom is -0.488 e. The first kappa shape index (κ1) is 15.1. The lowest BCUT2D eigenvalue weighted by Gasteiger charge is -2.10. The fourth-order valence-corrected chi connectivity index (χ4v) is 1.86. The van der Waals surface area contributed by atoms with E-state index >= 15 is 0 Å². The Morgan fingerprint density at radius 2 is 2.05 bits per heavy atom. The van der Waals surface area contributed by atoms with Crippen molar-refractivity contribution in [2.45, 2.75) is 6.61 Å². The maximum atomic E-state index is 13.7. The third-order valence-electron chi connectivity index (χ3n) is 2.72. The molecule has 0 radical (unpaired) electrons. The van der Waals surface area contributed by atoms with E-state index in [0.29, 0.717) is 21.9 Å². The van der Waals surface area contributed by atoms with Crippen LogP contribution >= 0.6 is 11.6 Å². The van der Waals surface area contributed by atoms with Crippen LogP contribution in [0.1, 0.15) is 11.1 Å². The van der Waals surface area contributed by atoms with Gasteiger partial charge in [-0.1, -0.05) is 35.9 Å². The third-order valence-corrected chi connectivity index (χ3v) is 2.96. The summed E-state index contributed by atoms with van der Waals surface area (Å²) in [6.07, 6.45) is 2.45. The number of benzene rings is 2. The van der Waals surface area contributed by atoms with Crippen LogP contribution in [0.25, 0.3) is 6.08 Å². The van der Waals surface area contributed by atoms with Crippen LogP contribution in [0.2, 0.25) is 5.02 Å². The van der Waals surface area contributed by atoms with Crippen molar-refractivity contribution < 1.29 is 19.0 Å². The van der Waals surface area contributed by atoms with Crippen LogP contribution in [0, 0.1) is 5.82 Å². The van der Waals surface area contributed by atoms with Crippen molar-refractivity contribution in [3.05, 3.63) is 70.5 Å². The first-order chi connectivity index (χ1) is 10.1.